The largest absolute Gasteiger partial charge is 0.394 e. The molecule has 1 saturated heterocycles. The summed E-state index contributed by atoms with van der Waals surface area (Å²) < 4.78 is 5.53. The van der Waals surface area contributed by atoms with Gasteiger partial charge < -0.3 is 14.9 Å². The van der Waals surface area contributed by atoms with Crippen LogP contribution in [0.25, 0.3) is 0 Å². The fourth-order valence-electron chi connectivity index (χ4n) is 0.995. The standard InChI is InChI=1S/C6H11IO3/c7-4-1-5(9)6(2-8)10-3-4/h4-6,8-9H,1-3H2. The summed E-state index contributed by atoms with van der Waals surface area (Å²) in [4.78, 5) is 0. The fourth-order valence-corrected chi connectivity index (χ4v) is 1.72. The van der Waals surface area contributed by atoms with Crippen LogP contribution in [0.4, 0.5) is 0 Å². The van der Waals surface area contributed by atoms with Crippen LogP contribution < -0.4 is 0 Å². The Morgan fingerprint density at radius 2 is 2.30 bits per heavy atom. The summed E-state index contributed by atoms with van der Waals surface area (Å²) >= 11 is 2.23. The van der Waals surface area contributed by atoms with Gasteiger partial charge in [0.15, 0.2) is 0 Å². The molecule has 0 amide bonds. The van der Waals surface area contributed by atoms with Crippen molar-refractivity contribution < 1.29 is 14.9 Å². The third-order valence-electron chi connectivity index (χ3n) is 1.60. The lowest BCUT2D eigenvalue weighted by molar-refractivity contribution is -0.0896. The average Bonchev–Trinajstić information content (AvgIpc) is 1.88. The molecule has 1 rings (SSSR count). The molecule has 0 aromatic rings. The minimum absolute atomic E-state index is 0.0788. The van der Waals surface area contributed by atoms with E-state index in [1.807, 2.05) is 0 Å². The third-order valence-corrected chi connectivity index (χ3v) is 2.47. The maximum absolute atomic E-state index is 9.25. The Balaban J connectivity index is 2.36. The highest BCUT2D eigenvalue weighted by molar-refractivity contribution is 14.1. The van der Waals surface area contributed by atoms with Gasteiger partial charge in [-0.2, -0.15) is 0 Å². The van der Waals surface area contributed by atoms with Crippen LogP contribution in [0, 0.1) is 0 Å². The van der Waals surface area contributed by atoms with Crippen molar-refractivity contribution in [1.29, 1.82) is 0 Å². The first-order valence-corrected chi connectivity index (χ1v) is 4.53. The molecule has 3 atom stereocenters. The Hall–Kier alpha value is 0.610. The van der Waals surface area contributed by atoms with Gasteiger partial charge in [0.1, 0.15) is 6.10 Å². The molecule has 10 heavy (non-hydrogen) atoms. The molecule has 0 bridgehead atoms. The van der Waals surface area contributed by atoms with Crippen molar-refractivity contribution in [2.45, 2.75) is 22.6 Å². The highest BCUT2D eigenvalue weighted by atomic mass is 127. The average molecular weight is 258 g/mol. The minimum atomic E-state index is -0.486. The van der Waals surface area contributed by atoms with E-state index < -0.39 is 6.10 Å². The molecular formula is C6H11IO3. The molecule has 60 valence electrons. The lowest BCUT2D eigenvalue weighted by Crippen LogP contribution is -2.41. The monoisotopic (exact) mass is 258 g/mol. The molecule has 0 saturated carbocycles. The van der Waals surface area contributed by atoms with Crippen molar-refractivity contribution in [2.75, 3.05) is 13.2 Å². The van der Waals surface area contributed by atoms with Gasteiger partial charge in [0.2, 0.25) is 0 Å². The molecule has 2 N–H and O–H groups in total. The molecule has 1 heterocycles. The molecule has 1 aliphatic heterocycles. The van der Waals surface area contributed by atoms with E-state index in [9.17, 15) is 5.11 Å². The van der Waals surface area contributed by atoms with Gasteiger partial charge in [0.25, 0.3) is 0 Å². The van der Waals surface area contributed by atoms with Crippen LogP contribution in [0.2, 0.25) is 0 Å². The van der Waals surface area contributed by atoms with Crippen molar-refractivity contribution in [3.8, 4) is 0 Å². The molecule has 0 spiro atoms. The fraction of sp³-hybridized carbons (Fsp3) is 1.00. The molecule has 3 nitrogen and oxygen atoms in total. The van der Waals surface area contributed by atoms with Gasteiger partial charge >= 0.3 is 0 Å². The molecular weight excluding hydrogens is 247 g/mol. The summed E-state index contributed by atoms with van der Waals surface area (Å²) in [5.74, 6) is 0. The molecule has 0 aromatic heterocycles. The first-order valence-electron chi connectivity index (χ1n) is 3.28. The van der Waals surface area contributed by atoms with Crippen molar-refractivity contribution in [2.24, 2.45) is 0 Å². The quantitative estimate of drug-likeness (QED) is 0.511. The van der Waals surface area contributed by atoms with Crippen LogP contribution in [-0.2, 0) is 4.74 Å². The molecule has 0 aromatic carbocycles. The van der Waals surface area contributed by atoms with Gasteiger partial charge in [-0.1, -0.05) is 22.6 Å². The highest BCUT2D eigenvalue weighted by Crippen LogP contribution is 2.19. The van der Waals surface area contributed by atoms with Crippen LogP contribution >= 0.6 is 22.6 Å². The van der Waals surface area contributed by atoms with Crippen molar-refractivity contribution in [1.82, 2.24) is 0 Å². The summed E-state index contributed by atoms with van der Waals surface area (Å²) in [5, 5.41) is 17.9. The SMILES string of the molecule is OCC1OCC(I)CC1O. The van der Waals surface area contributed by atoms with E-state index in [-0.39, 0.29) is 12.7 Å². The Morgan fingerprint density at radius 3 is 2.80 bits per heavy atom. The number of aliphatic hydroxyl groups is 2. The second-order valence-corrected chi connectivity index (χ2v) is 4.22. The summed E-state index contributed by atoms with van der Waals surface area (Å²) in [6, 6.07) is 0. The maximum Gasteiger partial charge on any atom is 0.106 e. The number of hydrogen-bond donors (Lipinski definition) is 2. The Kier molecular flexibility index (Phi) is 3.35. The van der Waals surface area contributed by atoms with Gasteiger partial charge in [-0.25, -0.2) is 0 Å². The minimum Gasteiger partial charge on any atom is -0.394 e. The molecule has 0 radical (unpaired) electrons. The molecule has 4 heteroatoms. The summed E-state index contributed by atoms with van der Waals surface area (Å²) in [5.41, 5.74) is 0. The topological polar surface area (TPSA) is 49.7 Å². The number of ether oxygens (including phenoxy) is 1. The maximum atomic E-state index is 9.25. The van der Waals surface area contributed by atoms with Gasteiger partial charge in [-0.05, 0) is 6.42 Å². The number of aliphatic hydroxyl groups excluding tert-OH is 2. The number of hydrogen-bond acceptors (Lipinski definition) is 3. The summed E-state index contributed by atoms with van der Waals surface area (Å²) in [6.07, 6.45) is -0.113. The van der Waals surface area contributed by atoms with E-state index in [1.165, 1.54) is 0 Å². The first kappa shape index (κ1) is 8.70. The molecule has 1 aliphatic rings. The van der Waals surface area contributed by atoms with E-state index in [1.54, 1.807) is 0 Å². The predicted octanol–water partition coefficient (Wildman–Crippen LogP) is -0.0679. The van der Waals surface area contributed by atoms with Gasteiger partial charge in [-0.3, -0.25) is 0 Å². The zero-order valence-electron chi connectivity index (χ0n) is 5.53. The van der Waals surface area contributed by atoms with Crippen LogP contribution in [0.1, 0.15) is 6.42 Å². The highest BCUT2D eigenvalue weighted by Gasteiger charge is 2.27. The van der Waals surface area contributed by atoms with Crippen LogP contribution in [0.5, 0.6) is 0 Å². The Labute approximate surface area is 73.5 Å². The lowest BCUT2D eigenvalue weighted by atomic mass is 10.1. The smallest absolute Gasteiger partial charge is 0.106 e. The molecule has 0 aliphatic carbocycles. The number of halogens is 1. The van der Waals surface area contributed by atoms with Gasteiger partial charge in [0, 0.05) is 3.92 Å². The zero-order chi connectivity index (χ0) is 7.56. The van der Waals surface area contributed by atoms with Crippen LogP contribution in [0.3, 0.4) is 0 Å². The Morgan fingerprint density at radius 1 is 1.60 bits per heavy atom. The summed E-state index contributed by atoms with van der Waals surface area (Å²) in [6.45, 7) is 0.563. The second-order valence-electron chi connectivity index (χ2n) is 2.45. The number of rotatable bonds is 1. The third kappa shape index (κ3) is 2.05. The van der Waals surface area contributed by atoms with E-state index in [0.717, 1.165) is 6.42 Å². The molecule has 1 fully saturated rings. The van der Waals surface area contributed by atoms with E-state index in [4.69, 9.17) is 9.84 Å². The van der Waals surface area contributed by atoms with Crippen LogP contribution in [0.15, 0.2) is 0 Å². The van der Waals surface area contributed by atoms with Crippen molar-refractivity contribution >= 4 is 22.6 Å². The lowest BCUT2D eigenvalue weighted by Gasteiger charge is -2.29. The zero-order valence-corrected chi connectivity index (χ0v) is 7.69. The van der Waals surface area contributed by atoms with E-state index in [0.29, 0.717) is 10.5 Å². The predicted molar refractivity (Wildman–Crippen MR) is 45.3 cm³/mol. The van der Waals surface area contributed by atoms with E-state index >= 15 is 0 Å². The second kappa shape index (κ2) is 3.85. The van der Waals surface area contributed by atoms with Crippen molar-refractivity contribution in [3.63, 3.8) is 0 Å². The van der Waals surface area contributed by atoms with Gasteiger partial charge in [0.05, 0.1) is 19.3 Å². The molecule has 3 unspecified atom stereocenters. The van der Waals surface area contributed by atoms with Crippen LogP contribution in [-0.4, -0.2) is 39.6 Å². The van der Waals surface area contributed by atoms with Crippen molar-refractivity contribution in [3.05, 3.63) is 0 Å². The summed E-state index contributed by atoms with van der Waals surface area (Å²) in [7, 11) is 0. The van der Waals surface area contributed by atoms with Gasteiger partial charge in [-0.15, -0.1) is 0 Å². The number of alkyl halides is 1. The van der Waals surface area contributed by atoms with E-state index in [2.05, 4.69) is 22.6 Å². The first-order chi connectivity index (χ1) is 4.74. The Bertz CT molecular complexity index is 109. The normalized spacial score (nSPS) is 41.7.